The van der Waals surface area contributed by atoms with Crippen LogP contribution in [0.1, 0.15) is 11.1 Å². The fourth-order valence-electron chi connectivity index (χ4n) is 1.67. The Bertz CT molecular complexity index is 615. The number of rotatable bonds is 4. The van der Waals surface area contributed by atoms with Gasteiger partial charge in [0.15, 0.2) is 0 Å². The Morgan fingerprint density at radius 2 is 1.90 bits per heavy atom. The topological polar surface area (TPSA) is 34.1 Å². The Kier molecular flexibility index (Phi) is 4.57. The quantitative estimate of drug-likeness (QED) is 0.840. The Balaban J connectivity index is 1.96. The van der Waals surface area contributed by atoms with E-state index in [4.69, 9.17) is 11.6 Å². The van der Waals surface area contributed by atoms with E-state index in [-0.39, 0.29) is 5.75 Å². The van der Waals surface area contributed by atoms with E-state index in [2.05, 4.69) is 15.0 Å². The van der Waals surface area contributed by atoms with Crippen LogP contribution in [-0.4, -0.2) is 11.3 Å². The van der Waals surface area contributed by atoms with E-state index in [9.17, 15) is 13.2 Å². The summed E-state index contributed by atoms with van der Waals surface area (Å²) in [6, 6.07) is 7.51. The van der Waals surface area contributed by atoms with Crippen LogP contribution in [0.25, 0.3) is 0 Å². The lowest BCUT2D eigenvalue weighted by Crippen LogP contribution is -2.17. The molecule has 0 aliphatic heterocycles. The molecule has 2 aromatic rings. The van der Waals surface area contributed by atoms with Gasteiger partial charge in [-0.25, -0.2) is 4.98 Å². The number of anilines is 1. The summed E-state index contributed by atoms with van der Waals surface area (Å²) in [6.07, 6.45) is -3.08. The van der Waals surface area contributed by atoms with Gasteiger partial charge in [-0.3, -0.25) is 0 Å². The van der Waals surface area contributed by atoms with Gasteiger partial charge in [0.2, 0.25) is 0 Å². The Morgan fingerprint density at radius 1 is 1.24 bits per heavy atom. The fraction of sp³-hybridized carbons (Fsp3) is 0.214. The standard InChI is InChI=1S/C14H12ClF3N2O/c1-9-6-11(8-20-13(9)15)19-7-10-2-4-12(5-3-10)21-14(16,17)18/h2-6,8,19H,7H2,1H3. The first-order chi connectivity index (χ1) is 9.83. The molecule has 21 heavy (non-hydrogen) atoms. The van der Waals surface area contributed by atoms with Gasteiger partial charge in [0.05, 0.1) is 11.9 Å². The SMILES string of the molecule is Cc1cc(NCc2ccc(OC(F)(F)F)cc2)cnc1Cl. The third-order valence-electron chi connectivity index (χ3n) is 2.67. The summed E-state index contributed by atoms with van der Waals surface area (Å²) in [4.78, 5) is 4.00. The van der Waals surface area contributed by atoms with Crippen molar-refractivity contribution >= 4 is 17.3 Å². The molecule has 1 aromatic carbocycles. The van der Waals surface area contributed by atoms with Crippen LogP contribution in [0.5, 0.6) is 5.75 Å². The van der Waals surface area contributed by atoms with Crippen LogP contribution in [0, 0.1) is 6.92 Å². The molecule has 2 rings (SSSR count). The minimum absolute atomic E-state index is 0.241. The second-order valence-electron chi connectivity index (χ2n) is 4.38. The van der Waals surface area contributed by atoms with Crippen molar-refractivity contribution in [3.05, 3.63) is 52.8 Å². The molecular weight excluding hydrogens is 305 g/mol. The number of alkyl halides is 3. The third kappa shape index (κ3) is 4.82. The second-order valence-corrected chi connectivity index (χ2v) is 4.74. The van der Waals surface area contributed by atoms with Crippen LogP contribution in [-0.2, 0) is 6.54 Å². The van der Waals surface area contributed by atoms with Gasteiger partial charge >= 0.3 is 6.36 Å². The molecular formula is C14H12ClF3N2O. The zero-order valence-electron chi connectivity index (χ0n) is 11.0. The summed E-state index contributed by atoms with van der Waals surface area (Å²) < 4.78 is 39.9. The smallest absolute Gasteiger partial charge is 0.406 e. The molecule has 0 radical (unpaired) electrons. The second kappa shape index (κ2) is 6.22. The van der Waals surface area contributed by atoms with Crippen molar-refractivity contribution in [2.45, 2.75) is 19.8 Å². The molecule has 0 saturated heterocycles. The predicted molar refractivity (Wildman–Crippen MR) is 74.4 cm³/mol. The van der Waals surface area contributed by atoms with Gasteiger partial charge in [0.25, 0.3) is 0 Å². The molecule has 112 valence electrons. The molecule has 1 aromatic heterocycles. The molecule has 0 aliphatic rings. The molecule has 0 atom stereocenters. The summed E-state index contributed by atoms with van der Waals surface area (Å²) >= 11 is 5.82. The lowest BCUT2D eigenvalue weighted by Gasteiger charge is -2.10. The van der Waals surface area contributed by atoms with E-state index >= 15 is 0 Å². The summed E-state index contributed by atoms with van der Waals surface area (Å²) in [7, 11) is 0. The van der Waals surface area contributed by atoms with Crippen molar-refractivity contribution in [2.75, 3.05) is 5.32 Å². The number of hydrogen-bond acceptors (Lipinski definition) is 3. The summed E-state index contributed by atoms with van der Waals surface area (Å²) in [5.74, 6) is -0.241. The minimum Gasteiger partial charge on any atom is -0.406 e. The maximum atomic E-state index is 12.0. The van der Waals surface area contributed by atoms with Crippen LogP contribution < -0.4 is 10.1 Å². The number of nitrogens with one attached hydrogen (secondary N) is 1. The molecule has 1 heterocycles. The number of halogens is 4. The number of nitrogens with zero attached hydrogens (tertiary/aromatic N) is 1. The molecule has 0 unspecified atom stereocenters. The zero-order valence-corrected chi connectivity index (χ0v) is 11.8. The van der Waals surface area contributed by atoms with E-state index in [1.54, 1.807) is 18.3 Å². The molecule has 0 fully saturated rings. The molecule has 7 heteroatoms. The molecule has 0 spiro atoms. The van der Waals surface area contributed by atoms with Crippen molar-refractivity contribution in [3.63, 3.8) is 0 Å². The van der Waals surface area contributed by atoms with Crippen LogP contribution in [0.15, 0.2) is 36.5 Å². The van der Waals surface area contributed by atoms with Crippen LogP contribution >= 0.6 is 11.6 Å². The average molecular weight is 317 g/mol. The van der Waals surface area contributed by atoms with E-state index < -0.39 is 6.36 Å². The highest BCUT2D eigenvalue weighted by Crippen LogP contribution is 2.23. The zero-order chi connectivity index (χ0) is 15.5. The van der Waals surface area contributed by atoms with Crippen molar-refractivity contribution in [1.29, 1.82) is 0 Å². The first-order valence-corrected chi connectivity index (χ1v) is 6.42. The van der Waals surface area contributed by atoms with Crippen LogP contribution in [0.2, 0.25) is 5.15 Å². The number of pyridine rings is 1. The van der Waals surface area contributed by atoms with Gasteiger partial charge in [-0.2, -0.15) is 0 Å². The maximum absolute atomic E-state index is 12.0. The molecule has 1 N–H and O–H groups in total. The Hall–Kier alpha value is -1.95. The highest BCUT2D eigenvalue weighted by atomic mass is 35.5. The van der Waals surface area contributed by atoms with E-state index in [0.717, 1.165) is 16.8 Å². The first kappa shape index (κ1) is 15.4. The number of hydrogen-bond donors (Lipinski definition) is 1. The van der Waals surface area contributed by atoms with Gasteiger partial charge in [-0.15, -0.1) is 13.2 Å². The van der Waals surface area contributed by atoms with Crippen molar-refractivity contribution in [1.82, 2.24) is 4.98 Å². The lowest BCUT2D eigenvalue weighted by atomic mass is 10.2. The Labute approximate surface area is 124 Å². The van der Waals surface area contributed by atoms with Gasteiger partial charge in [-0.1, -0.05) is 23.7 Å². The predicted octanol–water partition coefficient (Wildman–Crippen LogP) is 4.55. The van der Waals surface area contributed by atoms with Gasteiger partial charge < -0.3 is 10.1 Å². The van der Waals surface area contributed by atoms with Crippen LogP contribution in [0.4, 0.5) is 18.9 Å². The maximum Gasteiger partial charge on any atom is 0.573 e. The minimum atomic E-state index is -4.67. The number of benzene rings is 1. The fourth-order valence-corrected chi connectivity index (χ4v) is 1.77. The van der Waals surface area contributed by atoms with E-state index in [1.165, 1.54) is 12.1 Å². The molecule has 0 bridgehead atoms. The van der Waals surface area contributed by atoms with Gasteiger partial charge in [0.1, 0.15) is 10.9 Å². The highest BCUT2D eigenvalue weighted by molar-refractivity contribution is 6.30. The number of ether oxygens (including phenoxy) is 1. The van der Waals surface area contributed by atoms with Crippen molar-refractivity contribution in [2.24, 2.45) is 0 Å². The lowest BCUT2D eigenvalue weighted by molar-refractivity contribution is -0.274. The van der Waals surface area contributed by atoms with Crippen molar-refractivity contribution < 1.29 is 17.9 Å². The van der Waals surface area contributed by atoms with E-state index in [0.29, 0.717) is 11.7 Å². The molecule has 3 nitrogen and oxygen atoms in total. The van der Waals surface area contributed by atoms with Gasteiger partial charge in [0, 0.05) is 6.54 Å². The summed E-state index contributed by atoms with van der Waals surface area (Å²) in [6.45, 7) is 2.29. The highest BCUT2D eigenvalue weighted by Gasteiger charge is 2.30. The monoisotopic (exact) mass is 316 g/mol. The molecule has 0 saturated carbocycles. The Morgan fingerprint density at radius 3 is 2.48 bits per heavy atom. The van der Waals surface area contributed by atoms with E-state index in [1.807, 2.05) is 13.0 Å². The third-order valence-corrected chi connectivity index (χ3v) is 3.06. The average Bonchev–Trinajstić information content (AvgIpc) is 2.40. The largest absolute Gasteiger partial charge is 0.573 e. The summed E-state index contributed by atoms with van der Waals surface area (Å²) in [5.41, 5.74) is 2.44. The number of aryl methyl sites for hydroxylation is 1. The molecule has 0 amide bonds. The van der Waals surface area contributed by atoms with Gasteiger partial charge in [-0.05, 0) is 36.2 Å². The first-order valence-electron chi connectivity index (χ1n) is 6.04. The normalized spacial score (nSPS) is 11.3. The summed E-state index contributed by atoms with van der Waals surface area (Å²) in [5, 5.41) is 3.55. The van der Waals surface area contributed by atoms with Crippen LogP contribution in [0.3, 0.4) is 0 Å². The molecule has 0 aliphatic carbocycles. The van der Waals surface area contributed by atoms with Crippen molar-refractivity contribution in [3.8, 4) is 5.75 Å². The number of aromatic nitrogens is 1.